The molecule has 0 radical (unpaired) electrons. The minimum atomic E-state index is -0.548. The van der Waals surface area contributed by atoms with E-state index in [-0.39, 0.29) is 18.2 Å². The van der Waals surface area contributed by atoms with Crippen molar-refractivity contribution < 1.29 is 14.0 Å². The van der Waals surface area contributed by atoms with Gasteiger partial charge >= 0.3 is 6.03 Å². The molecule has 0 atom stereocenters. The third-order valence-electron chi connectivity index (χ3n) is 3.76. The first-order valence-electron chi connectivity index (χ1n) is 8.71. The fourth-order valence-electron chi connectivity index (χ4n) is 2.62. The summed E-state index contributed by atoms with van der Waals surface area (Å²) in [6.07, 6.45) is 1.53. The molecule has 27 heavy (non-hydrogen) atoms. The molecular weight excluding hydrogens is 364 g/mol. The number of nitrogens with one attached hydrogen (secondary N) is 2. The van der Waals surface area contributed by atoms with Crippen molar-refractivity contribution in [3.05, 3.63) is 48.4 Å². The summed E-state index contributed by atoms with van der Waals surface area (Å²) in [7, 11) is 0. The van der Waals surface area contributed by atoms with Gasteiger partial charge in [-0.1, -0.05) is 37.7 Å². The monoisotopic (exact) mass is 386 g/mol. The number of fused-ring (bicyclic) bond motifs is 1. The fraction of sp³-hybridized carbons (Fsp3) is 0.316. The summed E-state index contributed by atoms with van der Waals surface area (Å²) in [6.45, 7) is 5.32. The van der Waals surface area contributed by atoms with E-state index in [1.807, 2.05) is 24.3 Å². The predicted molar refractivity (Wildman–Crippen MR) is 104 cm³/mol. The van der Waals surface area contributed by atoms with Crippen LogP contribution in [0.25, 0.3) is 11.0 Å². The lowest BCUT2D eigenvalue weighted by Gasteiger charge is -2.11. The number of thioether (sulfide) groups is 1. The molecule has 0 unspecified atom stereocenters. The molecular formula is C19H22N4O3S. The normalized spacial score (nSPS) is 11.1. The average molecular weight is 386 g/mol. The summed E-state index contributed by atoms with van der Waals surface area (Å²) in [5.74, 6) is 0.799. The van der Waals surface area contributed by atoms with Gasteiger partial charge in [0.05, 0.1) is 29.6 Å². The highest BCUT2D eigenvalue weighted by Gasteiger charge is 2.15. The van der Waals surface area contributed by atoms with Gasteiger partial charge in [0.25, 0.3) is 0 Å². The number of nitrogens with zero attached hydrogens (tertiary/aromatic N) is 2. The van der Waals surface area contributed by atoms with Crippen molar-refractivity contribution in [2.45, 2.75) is 32.1 Å². The molecule has 0 saturated carbocycles. The van der Waals surface area contributed by atoms with E-state index in [4.69, 9.17) is 4.42 Å². The highest BCUT2D eigenvalue weighted by molar-refractivity contribution is 7.99. The maximum atomic E-state index is 12.1. The number of imide groups is 1. The Balaban J connectivity index is 1.57. The standard InChI is InChI=1S/C19H22N4O3S/c1-13(2)11-23-16-8-4-3-7-15(16)21-19(23)27-12-17(24)22-18(25)20-10-14-6-5-9-26-14/h3-9,13H,10-12H2,1-2H3,(H2,20,22,24,25). The minimum Gasteiger partial charge on any atom is -0.467 e. The average Bonchev–Trinajstić information content (AvgIpc) is 3.26. The fourth-order valence-corrected chi connectivity index (χ4v) is 3.45. The van der Waals surface area contributed by atoms with E-state index in [2.05, 4.69) is 34.0 Å². The molecule has 3 amide bonds. The lowest BCUT2D eigenvalue weighted by atomic mass is 10.2. The van der Waals surface area contributed by atoms with E-state index in [0.29, 0.717) is 11.7 Å². The van der Waals surface area contributed by atoms with Crippen LogP contribution < -0.4 is 10.6 Å². The van der Waals surface area contributed by atoms with Crippen molar-refractivity contribution in [1.82, 2.24) is 20.2 Å². The number of rotatable bonds is 7. The maximum absolute atomic E-state index is 12.1. The number of furan rings is 1. The van der Waals surface area contributed by atoms with Gasteiger partial charge in [-0.25, -0.2) is 9.78 Å². The molecule has 1 aromatic carbocycles. The molecule has 0 aliphatic heterocycles. The molecule has 142 valence electrons. The molecule has 7 nitrogen and oxygen atoms in total. The molecule has 0 aliphatic carbocycles. The number of amides is 3. The smallest absolute Gasteiger partial charge is 0.321 e. The predicted octanol–water partition coefficient (Wildman–Crippen LogP) is 3.40. The Hall–Kier alpha value is -2.74. The van der Waals surface area contributed by atoms with E-state index < -0.39 is 6.03 Å². The number of benzene rings is 1. The molecule has 3 aromatic rings. The molecule has 3 rings (SSSR count). The lowest BCUT2D eigenvalue weighted by Crippen LogP contribution is -2.39. The van der Waals surface area contributed by atoms with E-state index >= 15 is 0 Å². The molecule has 0 spiro atoms. The number of para-hydroxylation sites is 2. The van der Waals surface area contributed by atoms with Crippen LogP contribution in [0.4, 0.5) is 4.79 Å². The Labute approximate surface area is 161 Å². The Morgan fingerprint density at radius 2 is 2.04 bits per heavy atom. The third-order valence-corrected chi connectivity index (χ3v) is 4.73. The summed E-state index contributed by atoms with van der Waals surface area (Å²) < 4.78 is 7.25. The van der Waals surface area contributed by atoms with Crippen LogP contribution in [0.2, 0.25) is 0 Å². The number of aromatic nitrogens is 2. The highest BCUT2D eigenvalue weighted by atomic mass is 32.2. The van der Waals surface area contributed by atoms with E-state index in [0.717, 1.165) is 22.7 Å². The van der Waals surface area contributed by atoms with Crippen LogP contribution in [0.3, 0.4) is 0 Å². The molecule has 0 fully saturated rings. The second-order valence-corrected chi connectivity index (χ2v) is 7.43. The highest BCUT2D eigenvalue weighted by Crippen LogP contribution is 2.25. The summed E-state index contributed by atoms with van der Waals surface area (Å²) in [6, 6.07) is 10.8. The number of hydrogen-bond donors (Lipinski definition) is 2. The molecule has 2 aromatic heterocycles. The van der Waals surface area contributed by atoms with Gasteiger partial charge in [0.1, 0.15) is 5.76 Å². The molecule has 0 aliphatic rings. The Bertz CT molecular complexity index is 918. The van der Waals surface area contributed by atoms with Crippen LogP contribution in [-0.4, -0.2) is 27.2 Å². The molecule has 0 bridgehead atoms. The zero-order valence-electron chi connectivity index (χ0n) is 15.3. The van der Waals surface area contributed by atoms with Crippen LogP contribution in [0.5, 0.6) is 0 Å². The van der Waals surface area contributed by atoms with Gasteiger partial charge < -0.3 is 14.3 Å². The third kappa shape index (κ3) is 5.13. The number of hydrogen-bond acceptors (Lipinski definition) is 5. The zero-order valence-corrected chi connectivity index (χ0v) is 16.1. The van der Waals surface area contributed by atoms with E-state index in [1.165, 1.54) is 18.0 Å². The van der Waals surface area contributed by atoms with Crippen molar-refractivity contribution in [2.75, 3.05) is 5.75 Å². The summed E-state index contributed by atoms with van der Waals surface area (Å²) in [4.78, 5) is 28.5. The van der Waals surface area contributed by atoms with Crippen molar-refractivity contribution >= 4 is 34.7 Å². The van der Waals surface area contributed by atoms with Gasteiger partial charge in [-0.3, -0.25) is 10.1 Å². The van der Waals surface area contributed by atoms with Crippen LogP contribution in [0, 0.1) is 5.92 Å². The number of carbonyl (C=O) groups excluding carboxylic acids is 2. The lowest BCUT2D eigenvalue weighted by molar-refractivity contribution is -0.117. The van der Waals surface area contributed by atoms with Gasteiger partial charge in [0.15, 0.2) is 5.16 Å². The minimum absolute atomic E-state index is 0.107. The van der Waals surface area contributed by atoms with Gasteiger partial charge in [-0.2, -0.15) is 0 Å². The van der Waals surface area contributed by atoms with E-state index in [9.17, 15) is 9.59 Å². The van der Waals surface area contributed by atoms with Crippen molar-refractivity contribution in [3.8, 4) is 0 Å². The van der Waals surface area contributed by atoms with Crippen LogP contribution >= 0.6 is 11.8 Å². The first-order valence-corrected chi connectivity index (χ1v) is 9.69. The summed E-state index contributed by atoms with van der Waals surface area (Å²) in [5, 5.41) is 5.67. The SMILES string of the molecule is CC(C)Cn1c(SCC(=O)NC(=O)NCc2ccco2)nc2ccccc21. The second-order valence-electron chi connectivity index (χ2n) is 6.49. The van der Waals surface area contributed by atoms with Gasteiger partial charge in [-0.15, -0.1) is 0 Å². The zero-order chi connectivity index (χ0) is 19.2. The first-order chi connectivity index (χ1) is 13.0. The van der Waals surface area contributed by atoms with Gasteiger partial charge in [-0.05, 0) is 30.2 Å². The molecule has 2 heterocycles. The van der Waals surface area contributed by atoms with Crippen LogP contribution in [-0.2, 0) is 17.9 Å². The van der Waals surface area contributed by atoms with E-state index in [1.54, 1.807) is 12.1 Å². The number of imidazole rings is 1. The molecule has 0 saturated heterocycles. The maximum Gasteiger partial charge on any atom is 0.321 e. The Kier molecular flexibility index (Phi) is 6.18. The van der Waals surface area contributed by atoms with Crippen molar-refractivity contribution in [1.29, 1.82) is 0 Å². The quantitative estimate of drug-likeness (QED) is 0.608. The van der Waals surface area contributed by atoms with Gasteiger partial charge in [0, 0.05) is 6.54 Å². The van der Waals surface area contributed by atoms with Crippen molar-refractivity contribution in [3.63, 3.8) is 0 Å². The second kappa shape index (κ2) is 8.77. The molecule has 2 N–H and O–H groups in total. The van der Waals surface area contributed by atoms with Crippen molar-refractivity contribution in [2.24, 2.45) is 5.92 Å². The summed E-state index contributed by atoms with van der Waals surface area (Å²) in [5.41, 5.74) is 1.95. The summed E-state index contributed by atoms with van der Waals surface area (Å²) >= 11 is 1.32. The van der Waals surface area contributed by atoms with Crippen LogP contribution in [0.15, 0.2) is 52.2 Å². The topological polar surface area (TPSA) is 89.2 Å². The number of carbonyl (C=O) groups is 2. The Morgan fingerprint density at radius 3 is 2.78 bits per heavy atom. The van der Waals surface area contributed by atoms with Crippen LogP contribution in [0.1, 0.15) is 19.6 Å². The van der Waals surface area contributed by atoms with Gasteiger partial charge in [0.2, 0.25) is 5.91 Å². The Morgan fingerprint density at radius 1 is 1.22 bits per heavy atom. The first kappa shape index (κ1) is 19.0. The number of urea groups is 1. The molecule has 8 heteroatoms. The largest absolute Gasteiger partial charge is 0.467 e.